The van der Waals surface area contributed by atoms with E-state index in [1.807, 2.05) is 0 Å². The minimum atomic E-state index is 0.361. The summed E-state index contributed by atoms with van der Waals surface area (Å²) in [7, 11) is 0. The Bertz CT molecular complexity index is 446. The third-order valence-electron chi connectivity index (χ3n) is 3.84. The Morgan fingerprint density at radius 1 is 1.44 bits per heavy atom. The van der Waals surface area contributed by atoms with E-state index in [2.05, 4.69) is 33.5 Å². The molecular formula is C14H19BrN2O. The van der Waals surface area contributed by atoms with Crippen LogP contribution < -0.4 is 16.0 Å². The van der Waals surface area contributed by atoms with Crippen LogP contribution in [0.2, 0.25) is 0 Å². The Morgan fingerprint density at radius 2 is 2.28 bits per heavy atom. The molecule has 0 spiro atoms. The minimum absolute atomic E-state index is 0.361. The summed E-state index contributed by atoms with van der Waals surface area (Å²) in [5, 5.41) is 0. The smallest absolute Gasteiger partial charge is 0.125 e. The number of hydrogen-bond donors (Lipinski definition) is 2. The molecule has 1 fully saturated rings. The third-order valence-corrected chi connectivity index (χ3v) is 4.30. The molecule has 1 aliphatic carbocycles. The molecule has 0 saturated heterocycles. The summed E-state index contributed by atoms with van der Waals surface area (Å²) >= 11 is 3.58. The molecule has 0 amide bonds. The molecule has 1 atom stereocenters. The number of nitrogens with two attached hydrogens (primary N) is 1. The Balaban J connectivity index is 1.78. The topological polar surface area (TPSA) is 47.3 Å². The monoisotopic (exact) mass is 310 g/mol. The highest BCUT2D eigenvalue weighted by Crippen LogP contribution is 2.37. The van der Waals surface area contributed by atoms with E-state index >= 15 is 0 Å². The van der Waals surface area contributed by atoms with Crippen LogP contribution in [-0.4, -0.2) is 12.6 Å². The SMILES string of the molecule is NNC(Cc1cc(Br)cc2c1OCC2)CC1CC1. The first-order valence-corrected chi connectivity index (χ1v) is 7.46. The van der Waals surface area contributed by atoms with Crippen molar-refractivity contribution in [3.8, 4) is 5.75 Å². The molecule has 1 aromatic carbocycles. The first-order valence-electron chi connectivity index (χ1n) is 6.66. The first kappa shape index (κ1) is 12.5. The summed E-state index contributed by atoms with van der Waals surface area (Å²) in [6.07, 6.45) is 5.88. The number of hydrazine groups is 1. The average Bonchev–Trinajstić information content (AvgIpc) is 3.03. The van der Waals surface area contributed by atoms with Gasteiger partial charge in [-0.2, -0.15) is 0 Å². The van der Waals surface area contributed by atoms with Crippen molar-refractivity contribution in [1.82, 2.24) is 5.43 Å². The van der Waals surface area contributed by atoms with Gasteiger partial charge in [0.1, 0.15) is 5.75 Å². The fraction of sp³-hybridized carbons (Fsp3) is 0.571. The highest BCUT2D eigenvalue weighted by atomic mass is 79.9. The third kappa shape index (κ3) is 2.71. The first-order chi connectivity index (χ1) is 8.76. The maximum absolute atomic E-state index is 5.76. The lowest BCUT2D eigenvalue weighted by Gasteiger charge is -2.17. The number of ether oxygens (including phenoxy) is 1. The zero-order valence-electron chi connectivity index (χ0n) is 10.4. The van der Waals surface area contributed by atoms with Crippen LogP contribution >= 0.6 is 15.9 Å². The van der Waals surface area contributed by atoms with Gasteiger partial charge in [-0.1, -0.05) is 28.8 Å². The second-order valence-electron chi connectivity index (χ2n) is 5.40. The van der Waals surface area contributed by atoms with Crippen molar-refractivity contribution >= 4 is 15.9 Å². The molecule has 3 N–H and O–H groups in total. The second-order valence-corrected chi connectivity index (χ2v) is 6.31. The molecule has 4 heteroatoms. The predicted molar refractivity (Wildman–Crippen MR) is 75.5 cm³/mol. The van der Waals surface area contributed by atoms with Crippen LogP contribution in [0.15, 0.2) is 16.6 Å². The van der Waals surface area contributed by atoms with Crippen LogP contribution in [-0.2, 0) is 12.8 Å². The highest BCUT2D eigenvalue weighted by molar-refractivity contribution is 9.10. The lowest BCUT2D eigenvalue weighted by atomic mass is 9.99. The highest BCUT2D eigenvalue weighted by Gasteiger charge is 2.26. The van der Waals surface area contributed by atoms with Gasteiger partial charge in [0.2, 0.25) is 0 Å². The van der Waals surface area contributed by atoms with Crippen LogP contribution in [0.4, 0.5) is 0 Å². The zero-order valence-corrected chi connectivity index (χ0v) is 12.0. The van der Waals surface area contributed by atoms with Crippen LogP contribution in [0.3, 0.4) is 0 Å². The Labute approximate surface area is 116 Å². The van der Waals surface area contributed by atoms with E-state index < -0.39 is 0 Å². The summed E-state index contributed by atoms with van der Waals surface area (Å²) in [5.41, 5.74) is 5.56. The summed E-state index contributed by atoms with van der Waals surface area (Å²) in [6, 6.07) is 4.69. The Hall–Kier alpha value is -0.580. The van der Waals surface area contributed by atoms with E-state index in [0.29, 0.717) is 6.04 Å². The van der Waals surface area contributed by atoms with Crippen LogP contribution in [0.25, 0.3) is 0 Å². The van der Waals surface area contributed by atoms with Crippen molar-refractivity contribution in [1.29, 1.82) is 0 Å². The number of benzene rings is 1. The summed E-state index contributed by atoms with van der Waals surface area (Å²) in [4.78, 5) is 0. The largest absolute Gasteiger partial charge is 0.493 e. The van der Waals surface area contributed by atoms with Gasteiger partial charge in [-0.15, -0.1) is 0 Å². The van der Waals surface area contributed by atoms with Crippen molar-refractivity contribution in [2.24, 2.45) is 11.8 Å². The number of nitrogens with one attached hydrogen (secondary N) is 1. The summed E-state index contributed by atoms with van der Waals surface area (Å²) in [6.45, 7) is 0.808. The fourth-order valence-corrected chi connectivity index (χ4v) is 3.28. The standard InChI is InChI=1S/C14H19BrN2O/c15-12-6-10-3-4-18-14(10)11(7-12)8-13(17-16)5-9-1-2-9/h6-7,9,13,17H,1-5,8,16H2. The summed E-state index contributed by atoms with van der Waals surface area (Å²) in [5.74, 6) is 7.65. The number of rotatable bonds is 5. The molecule has 3 nitrogen and oxygen atoms in total. The molecular weight excluding hydrogens is 292 g/mol. The van der Waals surface area contributed by atoms with E-state index in [1.54, 1.807) is 0 Å². The lowest BCUT2D eigenvalue weighted by molar-refractivity contribution is 0.350. The van der Waals surface area contributed by atoms with Crippen molar-refractivity contribution in [3.05, 3.63) is 27.7 Å². The van der Waals surface area contributed by atoms with Gasteiger partial charge in [0, 0.05) is 16.9 Å². The van der Waals surface area contributed by atoms with Crippen LogP contribution in [0.1, 0.15) is 30.4 Å². The van der Waals surface area contributed by atoms with Crippen LogP contribution in [0.5, 0.6) is 5.75 Å². The van der Waals surface area contributed by atoms with Gasteiger partial charge in [-0.05, 0) is 42.0 Å². The van der Waals surface area contributed by atoms with Gasteiger partial charge in [0.05, 0.1) is 6.61 Å². The Morgan fingerprint density at radius 3 is 3.00 bits per heavy atom. The Kier molecular flexibility index (Phi) is 3.59. The quantitative estimate of drug-likeness (QED) is 0.649. The molecule has 1 saturated carbocycles. The fourth-order valence-electron chi connectivity index (χ4n) is 2.73. The van der Waals surface area contributed by atoms with E-state index in [4.69, 9.17) is 10.6 Å². The normalized spacial score (nSPS) is 19.4. The van der Waals surface area contributed by atoms with E-state index in [9.17, 15) is 0 Å². The van der Waals surface area contributed by atoms with Gasteiger partial charge < -0.3 is 4.74 Å². The number of fused-ring (bicyclic) bond motifs is 1. The average molecular weight is 311 g/mol. The van der Waals surface area contributed by atoms with Gasteiger partial charge in [-0.25, -0.2) is 0 Å². The predicted octanol–water partition coefficient (Wildman–Crippen LogP) is 2.56. The molecule has 0 radical (unpaired) electrons. The van der Waals surface area contributed by atoms with E-state index in [1.165, 1.54) is 30.4 Å². The van der Waals surface area contributed by atoms with Crippen molar-refractivity contribution in [2.45, 2.75) is 38.1 Å². The molecule has 18 heavy (non-hydrogen) atoms. The van der Waals surface area contributed by atoms with Gasteiger partial charge in [-0.3, -0.25) is 11.3 Å². The lowest BCUT2D eigenvalue weighted by Crippen LogP contribution is -2.37. The maximum Gasteiger partial charge on any atom is 0.125 e. The van der Waals surface area contributed by atoms with Gasteiger partial charge >= 0.3 is 0 Å². The molecule has 0 aromatic heterocycles. The second kappa shape index (κ2) is 5.19. The molecule has 1 unspecified atom stereocenters. The number of hydrogen-bond acceptors (Lipinski definition) is 3. The van der Waals surface area contributed by atoms with Crippen LogP contribution in [0, 0.1) is 5.92 Å². The van der Waals surface area contributed by atoms with E-state index in [0.717, 1.165) is 35.6 Å². The minimum Gasteiger partial charge on any atom is -0.493 e. The molecule has 1 aromatic rings. The van der Waals surface area contributed by atoms with Crippen molar-refractivity contribution in [2.75, 3.05) is 6.61 Å². The van der Waals surface area contributed by atoms with Gasteiger partial charge in [0.25, 0.3) is 0 Å². The van der Waals surface area contributed by atoms with E-state index in [-0.39, 0.29) is 0 Å². The zero-order chi connectivity index (χ0) is 12.5. The molecule has 98 valence electrons. The van der Waals surface area contributed by atoms with Crippen molar-refractivity contribution in [3.63, 3.8) is 0 Å². The number of halogens is 1. The van der Waals surface area contributed by atoms with Gasteiger partial charge in [0.15, 0.2) is 0 Å². The molecule has 0 bridgehead atoms. The molecule has 1 heterocycles. The maximum atomic E-state index is 5.76. The summed E-state index contributed by atoms with van der Waals surface area (Å²) < 4.78 is 6.90. The molecule has 3 rings (SSSR count). The molecule has 2 aliphatic rings. The van der Waals surface area contributed by atoms with Crippen molar-refractivity contribution < 1.29 is 4.74 Å². The molecule has 1 aliphatic heterocycles.